The summed E-state index contributed by atoms with van der Waals surface area (Å²) >= 11 is 0. The number of allylic oxidation sites excluding steroid dienone is 1. The number of benzene rings is 3. The summed E-state index contributed by atoms with van der Waals surface area (Å²) in [7, 11) is 1.51. The highest BCUT2D eigenvalue weighted by Gasteiger charge is 2.16. The minimum Gasteiger partial charge on any atom is -0.493 e. The third-order valence-corrected chi connectivity index (χ3v) is 7.52. The summed E-state index contributed by atoms with van der Waals surface area (Å²) in [6.07, 6.45) is 3.65. The topological polar surface area (TPSA) is 116 Å². The first kappa shape index (κ1) is 33.3. The molecule has 2 heterocycles. The summed E-state index contributed by atoms with van der Waals surface area (Å²) in [4.78, 5) is 25.3. The van der Waals surface area contributed by atoms with Crippen molar-refractivity contribution < 1.29 is 28.2 Å². The van der Waals surface area contributed by atoms with E-state index in [0.717, 1.165) is 33.9 Å². The summed E-state index contributed by atoms with van der Waals surface area (Å²) in [6.45, 7) is 9.82. The molecular formula is C38H38N4O6. The number of nitrogens with zero attached hydrogens (tertiary/aromatic N) is 2. The first-order valence-electron chi connectivity index (χ1n) is 15.4. The fraction of sp³-hybridized carbons (Fsp3) is 0.184. The van der Waals surface area contributed by atoms with Gasteiger partial charge in [-0.25, -0.2) is 5.43 Å². The molecule has 0 spiro atoms. The van der Waals surface area contributed by atoms with Crippen LogP contribution in [0.5, 0.6) is 17.2 Å². The predicted molar refractivity (Wildman–Crippen MR) is 186 cm³/mol. The average Bonchev–Trinajstić information content (AvgIpc) is 3.70. The number of carbonyl (C=O) groups is 2. The van der Waals surface area contributed by atoms with Gasteiger partial charge in [0.15, 0.2) is 23.9 Å². The number of aromatic nitrogens is 1. The number of anilines is 1. The van der Waals surface area contributed by atoms with E-state index >= 15 is 0 Å². The van der Waals surface area contributed by atoms with Crippen molar-refractivity contribution in [3.63, 3.8) is 0 Å². The molecule has 0 saturated carbocycles. The van der Waals surface area contributed by atoms with E-state index in [-0.39, 0.29) is 24.9 Å². The first-order chi connectivity index (χ1) is 23.2. The summed E-state index contributed by atoms with van der Waals surface area (Å²) in [5.74, 6) is 1.28. The van der Waals surface area contributed by atoms with E-state index in [0.29, 0.717) is 35.0 Å². The summed E-state index contributed by atoms with van der Waals surface area (Å²) in [6, 6.07) is 26.2. The number of methoxy groups -OCH3 is 1. The Morgan fingerprint density at radius 1 is 0.938 bits per heavy atom. The van der Waals surface area contributed by atoms with E-state index in [4.69, 9.17) is 18.6 Å². The van der Waals surface area contributed by atoms with Crippen LogP contribution < -0.4 is 25.0 Å². The van der Waals surface area contributed by atoms with E-state index in [2.05, 4.69) is 53.0 Å². The van der Waals surface area contributed by atoms with Gasteiger partial charge in [-0.1, -0.05) is 24.3 Å². The molecule has 0 saturated heterocycles. The fourth-order valence-corrected chi connectivity index (χ4v) is 5.14. The summed E-state index contributed by atoms with van der Waals surface area (Å²) < 4.78 is 25.2. The van der Waals surface area contributed by atoms with Crippen LogP contribution in [-0.2, 0) is 17.8 Å². The van der Waals surface area contributed by atoms with Crippen LogP contribution in [0.1, 0.15) is 44.4 Å². The minimum absolute atomic E-state index is 0.0947. The smallest absolute Gasteiger partial charge is 0.307 e. The zero-order valence-electron chi connectivity index (χ0n) is 27.4. The molecule has 2 amide bonds. The molecule has 0 aliphatic carbocycles. The Labute approximate surface area is 279 Å². The van der Waals surface area contributed by atoms with E-state index in [1.807, 2.05) is 61.5 Å². The lowest BCUT2D eigenvalue weighted by atomic mass is 10.1. The van der Waals surface area contributed by atoms with Gasteiger partial charge < -0.3 is 28.5 Å². The number of para-hydroxylation sites is 1. The largest absolute Gasteiger partial charge is 0.493 e. The SMILES string of the molecule is C=CCc1cc(/C=N/NC(=O)c2ccc(COc3ccc(-n4c(C)ccc4C)cc3)o2)cc(OC)c1OCC(=O)Nc1ccccc1C. The monoisotopic (exact) mass is 646 g/mol. The molecule has 0 radical (unpaired) electrons. The van der Waals surface area contributed by atoms with Gasteiger partial charge >= 0.3 is 5.91 Å². The van der Waals surface area contributed by atoms with Crippen molar-refractivity contribution in [1.29, 1.82) is 0 Å². The Balaban J connectivity index is 1.16. The number of furan rings is 1. The zero-order valence-corrected chi connectivity index (χ0v) is 27.4. The molecule has 0 aliphatic rings. The van der Waals surface area contributed by atoms with E-state index < -0.39 is 5.91 Å². The van der Waals surface area contributed by atoms with Crippen LogP contribution in [0.2, 0.25) is 0 Å². The van der Waals surface area contributed by atoms with Gasteiger partial charge in [0.25, 0.3) is 5.91 Å². The molecule has 10 nitrogen and oxygen atoms in total. The number of amides is 2. The van der Waals surface area contributed by atoms with E-state index in [1.165, 1.54) is 13.3 Å². The van der Waals surface area contributed by atoms with Gasteiger partial charge in [0, 0.05) is 28.3 Å². The molecule has 3 aromatic carbocycles. The molecule has 5 rings (SSSR count). The van der Waals surface area contributed by atoms with Crippen molar-refractivity contribution >= 4 is 23.7 Å². The number of hydrazone groups is 1. The van der Waals surface area contributed by atoms with Crippen LogP contribution in [0, 0.1) is 20.8 Å². The zero-order chi connectivity index (χ0) is 34.0. The van der Waals surface area contributed by atoms with Gasteiger partial charge in [0.2, 0.25) is 0 Å². The van der Waals surface area contributed by atoms with Crippen LogP contribution in [0.15, 0.2) is 107 Å². The second-order valence-corrected chi connectivity index (χ2v) is 11.1. The molecule has 2 N–H and O–H groups in total. The van der Waals surface area contributed by atoms with Crippen molar-refractivity contribution in [2.45, 2.75) is 33.8 Å². The second-order valence-electron chi connectivity index (χ2n) is 11.1. The molecule has 48 heavy (non-hydrogen) atoms. The normalized spacial score (nSPS) is 10.9. The molecule has 0 bridgehead atoms. The minimum atomic E-state index is -0.516. The standard InChI is InChI=1S/C38H38N4O6/c1-6-9-29-20-28(21-35(45-5)37(29)47-24-36(43)40-33-11-8-7-10-25(33)2)22-39-41-38(44)34-19-18-32(48-34)23-46-31-16-14-30(15-17-31)42-26(3)12-13-27(42)4/h6-8,10-22H,1,9,23-24H2,2-5H3,(H,40,43)(H,41,44)/b39-22+. The quantitative estimate of drug-likeness (QED) is 0.0756. The Bertz CT molecular complexity index is 1920. The molecule has 246 valence electrons. The fourth-order valence-electron chi connectivity index (χ4n) is 5.14. The lowest BCUT2D eigenvalue weighted by Crippen LogP contribution is -2.21. The van der Waals surface area contributed by atoms with Gasteiger partial charge in [-0.2, -0.15) is 5.10 Å². The van der Waals surface area contributed by atoms with Crippen LogP contribution in [0.4, 0.5) is 5.69 Å². The molecule has 2 aromatic heterocycles. The number of carbonyl (C=O) groups excluding carboxylic acids is 2. The number of nitrogens with one attached hydrogen (secondary N) is 2. The highest BCUT2D eigenvalue weighted by Crippen LogP contribution is 2.33. The van der Waals surface area contributed by atoms with Gasteiger partial charge in [-0.3, -0.25) is 9.59 Å². The maximum absolute atomic E-state index is 12.7. The number of hydrogen-bond donors (Lipinski definition) is 2. The molecule has 0 fully saturated rings. The molecule has 0 aliphatic heterocycles. The lowest BCUT2D eigenvalue weighted by Gasteiger charge is -2.16. The van der Waals surface area contributed by atoms with Crippen molar-refractivity contribution in [3.05, 3.63) is 137 Å². The third-order valence-electron chi connectivity index (χ3n) is 7.52. The molecule has 0 atom stereocenters. The van der Waals surface area contributed by atoms with Crippen molar-refractivity contribution in [1.82, 2.24) is 9.99 Å². The molecule has 10 heteroatoms. The Hall–Kier alpha value is -6.03. The highest BCUT2D eigenvalue weighted by molar-refractivity contribution is 5.93. The van der Waals surface area contributed by atoms with Gasteiger partial charge in [0.05, 0.1) is 13.3 Å². The number of ether oxygens (including phenoxy) is 3. The average molecular weight is 647 g/mol. The van der Waals surface area contributed by atoms with Crippen molar-refractivity contribution in [3.8, 4) is 22.9 Å². The van der Waals surface area contributed by atoms with E-state index in [1.54, 1.807) is 24.3 Å². The Morgan fingerprint density at radius 3 is 2.40 bits per heavy atom. The summed E-state index contributed by atoms with van der Waals surface area (Å²) in [5, 5.41) is 6.95. The maximum Gasteiger partial charge on any atom is 0.307 e. The molecule has 5 aromatic rings. The lowest BCUT2D eigenvalue weighted by molar-refractivity contribution is -0.118. The third kappa shape index (κ3) is 8.21. The van der Waals surface area contributed by atoms with Crippen LogP contribution in [-0.4, -0.2) is 36.3 Å². The first-order valence-corrected chi connectivity index (χ1v) is 15.4. The second kappa shape index (κ2) is 15.5. The van der Waals surface area contributed by atoms with Crippen molar-refractivity contribution in [2.75, 3.05) is 19.0 Å². The molecule has 0 unspecified atom stereocenters. The molecular weight excluding hydrogens is 608 g/mol. The highest BCUT2D eigenvalue weighted by atomic mass is 16.5. The van der Waals surface area contributed by atoms with Crippen LogP contribution in [0.3, 0.4) is 0 Å². The number of hydrogen-bond acceptors (Lipinski definition) is 7. The van der Waals surface area contributed by atoms with Gasteiger partial charge in [-0.15, -0.1) is 6.58 Å². The van der Waals surface area contributed by atoms with Gasteiger partial charge in [0.1, 0.15) is 18.1 Å². The Morgan fingerprint density at radius 2 is 1.69 bits per heavy atom. The van der Waals surface area contributed by atoms with Crippen LogP contribution >= 0.6 is 0 Å². The Kier molecular flexibility index (Phi) is 10.8. The van der Waals surface area contributed by atoms with E-state index in [9.17, 15) is 9.59 Å². The predicted octanol–water partition coefficient (Wildman–Crippen LogP) is 7.09. The van der Waals surface area contributed by atoms with Gasteiger partial charge in [-0.05, 0) is 105 Å². The number of rotatable bonds is 14. The maximum atomic E-state index is 12.7. The van der Waals surface area contributed by atoms with Crippen LogP contribution in [0.25, 0.3) is 5.69 Å². The summed E-state index contributed by atoms with van der Waals surface area (Å²) in [5.41, 5.74) is 8.90. The number of aryl methyl sites for hydroxylation is 3. The van der Waals surface area contributed by atoms with Crippen molar-refractivity contribution in [2.24, 2.45) is 5.10 Å².